The summed E-state index contributed by atoms with van der Waals surface area (Å²) in [6.45, 7) is 4.06. The number of ether oxygens (including phenoxy) is 1. The number of furan rings is 1. The van der Waals surface area contributed by atoms with Crippen molar-refractivity contribution < 1.29 is 19.1 Å². The molecule has 5 heteroatoms. The van der Waals surface area contributed by atoms with E-state index in [1.807, 2.05) is 38.1 Å². The highest BCUT2D eigenvalue weighted by atomic mass is 16.5. The van der Waals surface area contributed by atoms with Crippen LogP contribution in [0.1, 0.15) is 37.7 Å². The number of amides is 1. The topological polar surface area (TPSA) is 71.7 Å². The number of carbonyl (C=O) groups is 1. The molecular formula is C18H23NO4. The van der Waals surface area contributed by atoms with Crippen molar-refractivity contribution in [3.8, 4) is 5.75 Å². The number of benzene rings is 1. The summed E-state index contributed by atoms with van der Waals surface area (Å²) in [6.07, 6.45) is 1.77. The Bertz CT molecular complexity index is 607. The number of hydrogen-bond acceptors (Lipinski definition) is 4. The Morgan fingerprint density at radius 2 is 2.13 bits per heavy atom. The Kier molecular flexibility index (Phi) is 6.23. The maximum atomic E-state index is 11.8. The third-order valence-electron chi connectivity index (χ3n) is 3.29. The maximum absolute atomic E-state index is 11.8. The van der Waals surface area contributed by atoms with Gasteiger partial charge >= 0.3 is 0 Å². The Hall–Kier alpha value is -2.27. The molecule has 0 fully saturated rings. The summed E-state index contributed by atoms with van der Waals surface area (Å²) in [5.74, 6) is 1.37. The average molecular weight is 317 g/mol. The van der Waals surface area contributed by atoms with Crippen molar-refractivity contribution in [3.05, 3.63) is 54.0 Å². The molecule has 1 atom stereocenters. The fourth-order valence-electron chi connectivity index (χ4n) is 2.18. The van der Waals surface area contributed by atoms with Crippen molar-refractivity contribution in [3.63, 3.8) is 0 Å². The van der Waals surface area contributed by atoms with Crippen molar-refractivity contribution in [1.29, 1.82) is 0 Å². The molecule has 124 valence electrons. The molecule has 2 aromatic rings. The van der Waals surface area contributed by atoms with Crippen LogP contribution in [0, 0.1) is 0 Å². The molecule has 2 rings (SSSR count). The van der Waals surface area contributed by atoms with E-state index >= 15 is 0 Å². The molecule has 2 N–H and O–H groups in total. The van der Waals surface area contributed by atoms with Crippen LogP contribution < -0.4 is 10.1 Å². The van der Waals surface area contributed by atoms with Crippen molar-refractivity contribution in [2.45, 2.75) is 38.9 Å². The molecule has 1 heterocycles. The lowest BCUT2D eigenvalue weighted by molar-refractivity contribution is -0.121. The minimum Gasteiger partial charge on any atom is -0.491 e. The van der Waals surface area contributed by atoms with Gasteiger partial charge < -0.3 is 19.6 Å². The molecule has 0 radical (unpaired) electrons. The highest BCUT2D eigenvalue weighted by Gasteiger charge is 2.11. The van der Waals surface area contributed by atoms with Gasteiger partial charge in [-0.05, 0) is 43.7 Å². The van der Waals surface area contributed by atoms with E-state index in [0.29, 0.717) is 18.6 Å². The molecule has 0 spiro atoms. The first kappa shape index (κ1) is 17.1. The fourth-order valence-corrected chi connectivity index (χ4v) is 2.18. The van der Waals surface area contributed by atoms with Crippen LogP contribution in [0.5, 0.6) is 5.75 Å². The van der Waals surface area contributed by atoms with Crippen LogP contribution in [0.15, 0.2) is 47.1 Å². The monoisotopic (exact) mass is 317 g/mol. The number of carbonyl (C=O) groups excluding carboxylic acids is 1. The lowest BCUT2D eigenvalue weighted by atomic mass is 10.1. The van der Waals surface area contributed by atoms with E-state index in [2.05, 4.69) is 5.32 Å². The summed E-state index contributed by atoms with van der Waals surface area (Å²) in [5, 5.41) is 12.9. The van der Waals surface area contributed by atoms with Gasteiger partial charge in [0.1, 0.15) is 11.5 Å². The van der Waals surface area contributed by atoms with Gasteiger partial charge in [-0.15, -0.1) is 0 Å². The van der Waals surface area contributed by atoms with E-state index in [1.54, 1.807) is 18.4 Å². The van der Waals surface area contributed by atoms with E-state index in [9.17, 15) is 9.90 Å². The minimum atomic E-state index is -0.765. The van der Waals surface area contributed by atoms with Crippen LogP contribution in [0.3, 0.4) is 0 Å². The van der Waals surface area contributed by atoms with Gasteiger partial charge in [-0.25, -0.2) is 0 Å². The molecule has 5 nitrogen and oxygen atoms in total. The summed E-state index contributed by atoms with van der Waals surface area (Å²) < 4.78 is 10.8. The third-order valence-corrected chi connectivity index (χ3v) is 3.29. The van der Waals surface area contributed by atoms with Crippen LogP contribution in [-0.2, 0) is 11.2 Å². The summed E-state index contributed by atoms with van der Waals surface area (Å²) in [4.78, 5) is 11.8. The molecule has 0 aliphatic heterocycles. The van der Waals surface area contributed by atoms with Gasteiger partial charge in [-0.1, -0.05) is 12.1 Å². The van der Waals surface area contributed by atoms with E-state index in [4.69, 9.17) is 9.15 Å². The van der Waals surface area contributed by atoms with Gasteiger partial charge in [0.15, 0.2) is 0 Å². The standard InChI is InChI=1S/C18H23NO4/c1-13(2)23-16-6-3-5-14(11-16)17(20)12-19-18(21)9-8-15-7-4-10-22-15/h3-7,10-11,13,17,20H,8-9,12H2,1-2H3,(H,19,21). The largest absolute Gasteiger partial charge is 0.491 e. The summed E-state index contributed by atoms with van der Waals surface area (Å²) in [5.41, 5.74) is 0.717. The molecule has 0 saturated heterocycles. The molecule has 1 amide bonds. The lowest BCUT2D eigenvalue weighted by Crippen LogP contribution is -2.28. The predicted molar refractivity (Wildman–Crippen MR) is 87.2 cm³/mol. The van der Waals surface area contributed by atoms with Crippen LogP contribution >= 0.6 is 0 Å². The highest BCUT2D eigenvalue weighted by Crippen LogP contribution is 2.20. The fraction of sp³-hybridized carbons (Fsp3) is 0.389. The van der Waals surface area contributed by atoms with Crippen LogP contribution in [0.4, 0.5) is 0 Å². The molecule has 0 aliphatic carbocycles. The molecular weight excluding hydrogens is 294 g/mol. The van der Waals surface area contributed by atoms with Crippen LogP contribution in [0.25, 0.3) is 0 Å². The smallest absolute Gasteiger partial charge is 0.220 e. The van der Waals surface area contributed by atoms with Gasteiger partial charge in [0.05, 0.1) is 18.5 Å². The van der Waals surface area contributed by atoms with E-state index in [0.717, 1.165) is 11.3 Å². The Morgan fingerprint density at radius 3 is 2.83 bits per heavy atom. The third kappa shape index (κ3) is 5.79. The van der Waals surface area contributed by atoms with Crippen molar-refractivity contribution >= 4 is 5.91 Å². The first-order valence-corrected chi connectivity index (χ1v) is 7.78. The van der Waals surface area contributed by atoms with E-state index in [-0.39, 0.29) is 18.6 Å². The zero-order chi connectivity index (χ0) is 16.7. The summed E-state index contributed by atoms with van der Waals surface area (Å²) >= 11 is 0. The highest BCUT2D eigenvalue weighted by molar-refractivity contribution is 5.76. The van der Waals surface area contributed by atoms with E-state index < -0.39 is 6.10 Å². The maximum Gasteiger partial charge on any atom is 0.220 e. The molecule has 0 aliphatic rings. The zero-order valence-electron chi connectivity index (χ0n) is 13.5. The average Bonchev–Trinajstić information content (AvgIpc) is 3.03. The molecule has 23 heavy (non-hydrogen) atoms. The molecule has 0 saturated carbocycles. The quantitative estimate of drug-likeness (QED) is 0.785. The lowest BCUT2D eigenvalue weighted by Gasteiger charge is -2.15. The SMILES string of the molecule is CC(C)Oc1cccc(C(O)CNC(=O)CCc2ccco2)c1. The Labute approximate surface area is 136 Å². The number of aryl methyl sites for hydroxylation is 1. The number of aliphatic hydroxyl groups is 1. The van der Waals surface area contributed by atoms with Crippen LogP contribution in [-0.4, -0.2) is 23.7 Å². The van der Waals surface area contributed by atoms with Crippen molar-refractivity contribution in [2.24, 2.45) is 0 Å². The van der Waals surface area contributed by atoms with Crippen molar-refractivity contribution in [2.75, 3.05) is 6.54 Å². The molecule has 1 aromatic carbocycles. The summed E-state index contributed by atoms with van der Waals surface area (Å²) in [6, 6.07) is 10.9. The minimum absolute atomic E-state index is 0.0729. The number of hydrogen-bond donors (Lipinski definition) is 2. The van der Waals surface area contributed by atoms with Gasteiger partial charge in [-0.3, -0.25) is 4.79 Å². The Balaban J connectivity index is 1.79. The van der Waals surface area contributed by atoms with Crippen LogP contribution in [0.2, 0.25) is 0 Å². The second kappa shape index (κ2) is 8.39. The predicted octanol–water partition coefficient (Wildman–Crippen LogP) is 2.85. The number of nitrogens with one attached hydrogen (secondary N) is 1. The second-order valence-electron chi connectivity index (χ2n) is 5.64. The molecule has 1 aromatic heterocycles. The molecule has 1 unspecified atom stereocenters. The van der Waals surface area contributed by atoms with Gasteiger partial charge in [0, 0.05) is 19.4 Å². The second-order valence-corrected chi connectivity index (χ2v) is 5.64. The molecule has 0 bridgehead atoms. The van der Waals surface area contributed by atoms with Gasteiger partial charge in [0.2, 0.25) is 5.91 Å². The van der Waals surface area contributed by atoms with Crippen molar-refractivity contribution in [1.82, 2.24) is 5.32 Å². The van der Waals surface area contributed by atoms with Gasteiger partial charge in [-0.2, -0.15) is 0 Å². The van der Waals surface area contributed by atoms with E-state index in [1.165, 1.54) is 0 Å². The number of rotatable bonds is 8. The normalized spacial score (nSPS) is 12.2. The first-order valence-electron chi connectivity index (χ1n) is 7.78. The number of aliphatic hydroxyl groups excluding tert-OH is 1. The first-order chi connectivity index (χ1) is 11.0. The van der Waals surface area contributed by atoms with Gasteiger partial charge in [0.25, 0.3) is 0 Å². The summed E-state index contributed by atoms with van der Waals surface area (Å²) in [7, 11) is 0. The zero-order valence-corrected chi connectivity index (χ0v) is 13.5. The Morgan fingerprint density at radius 1 is 1.30 bits per heavy atom.